The van der Waals surface area contributed by atoms with Gasteiger partial charge in [0, 0.05) is 21.9 Å². The first-order valence-corrected chi connectivity index (χ1v) is 8.95. The van der Waals surface area contributed by atoms with E-state index in [1.807, 2.05) is 72.8 Å². The van der Waals surface area contributed by atoms with Crippen molar-refractivity contribution in [2.75, 3.05) is 0 Å². The van der Waals surface area contributed by atoms with Gasteiger partial charge in [-0.1, -0.05) is 72.8 Å². The van der Waals surface area contributed by atoms with Crippen molar-refractivity contribution in [3.63, 3.8) is 0 Å². The molecule has 0 aliphatic carbocycles. The van der Waals surface area contributed by atoms with Gasteiger partial charge in [0.25, 0.3) is 0 Å². The van der Waals surface area contributed by atoms with Crippen molar-refractivity contribution >= 4 is 31.4 Å². The van der Waals surface area contributed by atoms with Gasteiger partial charge in [-0.2, -0.15) is 0 Å². The van der Waals surface area contributed by atoms with E-state index >= 15 is 0 Å². The minimum atomic E-state index is -3.52. The van der Waals surface area contributed by atoms with E-state index in [0.717, 1.165) is 32.7 Å². The molecule has 110 valence electrons. The van der Waals surface area contributed by atoms with Crippen molar-refractivity contribution in [2.45, 2.75) is 9.79 Å². The lowest BCUT2D eigenvalue weighted by molar-refractivity contribution is 0.600. The Kier molecular flexibility index (Phi) is 2.35. The van der Waals surface area contributed by atoms with E-state index in [4.69, 9.17) is 0 Å². The molecule has 0 spiro atoms. The molecule has 3 heteroatoms. The van der Waals surface area contributed by atoms with Crippen LogP contribution in [0.4, 0.5) is 0 Å². The van der Waals surface area contributed by atoms with Crippen LogP contribution in [0.15, 0.2) is 82.6 Å². The normalized spacial score (nSPS) is 14.8. The molecule has 1 aliphatic heterocycles. The Labute approximate surface area is 133 Å². The number of sulfone groups is 1. The minimum Gasteiger partial charge on any atom is -0.218 e. The van der Waals surface area contributed by atoms with Gasteiger partial charge < -0.3 is 0 Å². The lowest BCUT2D eigenvalue weighted by Crippen LogP contribution is -1.98. The third kappa shape index (κ3) is 1.55. The molecule has 0 saturated heterocycles. The minimum absolute atomic E-state index is 0.446. The first-order chi connectivity index (χ1) is 11.2. The van der Waals surface area contributed by atoms with E-state index in [0.29, 0.717) is 9.79 Å². The molecule has 1 aliphatic rings. The molecule has 4 aromatic carbocycles. The van der Waals surface area contributed by atoms with Crippen LogP contribution in [0, 0.1) is 0 Å². The highest BCUT2D eigenvalue weighted by molar-refractivity contribution is 7.92. The highest BCUT2D eigenvalue weighted by Gasteiger charge is 2.35. The topological polar surface area (TPSA) is 34.1 Å². The lowest BCUT2D eigenvalue weighted by atomic mass is 9.99. The van der Waals surface area contributed by atoms with Crippen molar-refractivity contribution in [3.8, 4) is 11.1 Å². The molecule has 0 bridgehead atoms. The predicted molar refractivity (Wildman–Crippen MR) is 92.3 cm³/mol. The first-order valence-electron chi connectivity index (χ1n) is 7.47. The van der Waals surface area contributed by atoms with E-state index in [-0.39, 0.29) is 0 Å². The molecule has 1 heterocycles. The molecule has 4 aromatic rings. The van der Waals surface area contributed by atoms with Crippen LogP contribution in [0.5, 0.6) is 0 Å². The van der Waals surface area contributed by atoms with Crippen molar-refractivity contribution < 1.29 is 8.42 Å². The largest absolute Gasteiger partial charge is 0.218 e. The third-order valence-corrected chi connectivity index (χ3v) is 6.54. The molecule has 0 N–H and O–H groups in total. The van der Waals surface area contributed by atoms with Crippen molar-refractivity contribution in [1.29, 1.82) is 0 Å². The molecule has 5 rings (SSSR count). The summed E-state index contributed by atoms with van der Waals surface area (Å²) < 4.78 is 26.6. The van der Waals surface area contributed by atoms with E-state index in [1.54, 1.807) is 0 Å². The molecule has 0 atom stereocenters. The summed E-state index contributed by atoms with van der Waals surface area (Å²) in [7, 11) is -3.52. The second-order valence-corrected chi connectivity index (χ2v) is 7.65. The Bertz CT molecular complexity index is 1130. The molecule has 0 aromatic heterocycles. The molecule has 23 heavy (non-hydrogen) atoms. The molecule has 2 nitrogen and oxygen atoms in total. The second kappa shape index (κ2) is 4.21. The first kappa shape index (κ1) is 12.9. The number of benzene rings is 4. The number of fused-ring (bicyclic) bond motifs is 7. The maximum Gasteiger partial charge on any atom is 0.209 e. The summed E-state index contributed by atoms with van der Waals surface area (Å²) in [5, 5.41) is 3.49. The summed E-state index contributed by atoms with van der Waals surface area (Å²) in [6.07, 6.45) is 0. The van der Waals surface area contributed by atoms with Crippen LogP contribution in [0.25, 0.3) is 32.7 Å². The lowest BCUT2D eigenvalue weighted by Gasteiger charge is -2.05. The standard InChI is InChI=1S/C20H12O2S/c21-23(22)19-15-7-3-1-5-13(15)9-11-17(19)18-12-10-14-6-2-4-8-16(14)20(18)23/h1-12H. The maximum atomic E-state index is 13.3. The van der Waals surface area contributed by atoms with Crippen LogP contribution < -0.4 is 0 Å². The monoisotopic (exact) mass is 316 g/mol. The van der Waals surface area contributed by atoms with Gasteiger partial charge in [-0.25, -0.2) is 8.42 Å². The van der Waals surface area contributed by atoms with Crippen LogP contribution in [0.2, 0.25) is 0 Å². The Morgan fingerprint density at radius 1 is 0.522 bits per heavy atom. The summed E-state index contributed by atoms with van der Waals surface area (Å²) in [5.74, 6) is 0. The second-order valence-electron chi connectivity index (χ2n) is 5.83. The molecular formula is C20H12O2S. The number of hydrogen-bond acceptors (Lipinski definition) is 2. The molecule has 0 fully saturated rings. The van der Waals surface area contributed by atoms with Crippen molar-refractivity contribution in [1.82, 2.24) is 0 Å². The summed E-state index contributed by atoms with van der Waals surface area (Å²) in [4.78, 5) is 0.893. The Morgan fingerprint density at radius 3 is 1.43 bits per heavy atom. The smallest absolute Gasteiger partial charge is 0.209 e. The molecule has 0 saturated carbocycles. The van der Waals surface area contributed by atoms with Crippen LogP contribution in [-0.4, -0.2) is 8.42 Å². The molecule has 0 radical (unpaired) electrons. The maximum absolute atomic E-state index is 13.3. The van der Waals surface area contributed by atoms with Crippen LogP contribution in [0.3, 0.4) is 0 Å². The van der Waals surface area contributed by atoms with E-state index < -0.39 is 9.84 Å². The van der Waals surface area contributed by atoms with Crippen LogP contribution in [0.1, 0.15) is 0 Å². The van der Waals surface area contributed by atoms with Gasteiger partial charge >= 0.3 is 0 Å². The number of hydrogen-bond donors (Lipinski definition) is 0. The molecule has 0 amide bonds. The van der Waals surface area contributed by atoms with E-state index in [9.17, 15) is 8.42 Å². The van der Waals surface area contributed by atoms with Gasteiger partial charge in [-0.05, 0) is 10.8 Å². The quantitative estimate of drug-likeness (QED) is 0.411. The summed E-state index contributed by atoms with van der Waals surface area (Å²) >= 11 is 0. The summed E-state index contributed by atoms with van der Waals surface area (Å²) in [6.45, 7) is 0. The fourth-order valence-electron chi connectivity index (χ4n) is 3.59. The zero-order valence-corrected chi connectivity index (χ0v) is 13.0. The van der Waals surface area contributed by atoms with Crippen molar-refractivity contribution in [2.24, 2.45) is 0 Å². The van der Waals surface area contributed by atoms with Gasteiger partial charge in [-0.15, -0.1) is 0 Å². The Hall–Kier alpha value is -2.65. The van der Waals surface area contributed by atoms with Gasteiger partial charge in [0.1, 0.15) is 0 Å². The van der Waals surface area contributed by atoms with Gasteiger partial charge in [0.05, 0.1) is 9.79 Å². The number of rotatable bonds is 0. The fourth-order valence-corrected chi connectivity index (χ4v) is 5.68. The Balaban J connectivity index is 2.03. The summed E-state index contributed by atoms with van der Waals surface area (Å²) in [5.41, 5.74) is 1.62. The van der Waals surface area contributed by atoms with Gasteiger partial charge in [-0.3, -0.25) is 0 Å². The van der Waals surface area contributed by atoms with E-state index in [2.05, 4.69) is 0 Å². The van der Waals surface area contributed by atoms with Crippen LogP contribution >= 0.6 is 0 Å². The molecule has 0 unspecified atom stereocenters. The fraction of sp³-hybridized carbons (Fsp3) is 0. The van der Waals surface area contributed by atoms with Crippen LogP contribution in [-0.2, 0) is 9.84 Å². The zero-order chi connectivity index (χ0) is 15.6. The van der Waals surface area contributed by atoms with Crippen molar-refractivity contribution in [3.05, 3.63) is 72.8 Å². The zero-order valence-electron chi connectivity index (χ0n) is 12.2. The average Bonchev–Trinajstić information content (AvgIpc) is 2.83. The van der Waals surface area contributed by atoms with Gasteiger partial charge in [0.2, 0.25) is 9.84 Å². The molecular weight excluding hydrogens is 304 g/mol. The highest BCUT2D eigenvalue weighted by atomic mass is 32.2. The van der Waals surface area contributed by atoms with Gasteiger partial charge in [0.15, 0.2) is 0 Å². The highest BCUT2D eigenvalue weighted by Crippen LogP contribution is 2.48. The summed E-state index contributed by atoms with van der Waals surface area (Å²) in [6, 6.07) is 23.2. The van der Waals surface area contributed by atoms with E-state index in [1.165, 1.54) is 0 Å². The predicted octanol–water partition coefficient (Wildman–Crippen LogP) is 4.81. The Morgan fingerprint density at radius 2 is 0.957 bits per heavy atom. The third-order valence-electron chi connectivity index (χ3n) is 4.59. The SMILES string of the molecule is O=S1(=O)c2c(ccc3ccccc23)-c2ccc3ccccc3c21. The average molecular weight is 316 g/mol.